The summed E-state index contributed by atoms with van der Waals surface area (Å²) in [6, 6.07) is 9.74. The molecule has 0 aliphatic heterocycles. The molecule has 6 heteroatoms. The highest BCUT2D eigenvalue weighted by atomic mass is 16.7. The summed E-state index contributed by atoms with van der Waals surface area (Å²) in [5.41, 5.74) is 0.0112. The largest absolute Gasteiger partial charge is 0.457 e. The van der Waals surface area contributed by atoms with E-state index in [2.05, 4.69) is 0 Å². The Hall–Kier alpha value is -2.63. The predicted molar refractivity (Wildman–Crippen MR) is 77.0 cm³/mol. The van der Waals surface area contributed by atoms with Gasteiger partial charge in [0.15, 0.2) is 0 Å². The van der Waals surface area contributed by atoms with Gasteiger partial charge in [-0.05, 0) is 12.1 Å². The van der Waals surface area contributed by atoms with Gasteiger partial charge in [0.1, 0.15) is 5.75 Å². The average Bonchev–Trinajstić information content (AvgIpc) is 2.46. The van der Waals surface area contributed by atoms with E-state index in [-0.39, 0.29) is 24.4 Å². The molecular weight excluding hydrogens is 274 g/mol. The molecule has 0 aliphatic carbocycles. The molecule has 0 fully saturated rings. The maximum absolute atomic E-state index is 11.3. The number of nitrogens with zero attached hydrogens (tertiary/aromatic N) is 1. The number of carbonyl (C=O) groups is 1. The van der Waals surface area contributed by atoms with Crippen LogP contribution in [0.4, 0.5) is 5.69 Å². The van der Waals surface area contributed by atoms with Crippen molar-refractivity contribution in [3.63, 3.8) is 0 Å². The molecule has 0 aliphatic rings. The van der Waals surface area contributed by atoms with Crippen molar-refractivity contribution in [1.82, 2.24) is 0 Å². The Bertz CT molecular complexity index is 681. The summed E-state index contributed by atoms with van der Waals surface area (Å²) in [6.07, 6.45) is 0. The molecule has 110 valence electrons. The fourth-order valence-electron chi connectivity index (χ4n) is 1.86. The highest BCUT2D eigenvalue weighted by Gasteiger charge is 2.15. The van der Waals surface area contributed by atoms with Gasteiger partial charge >= 0.3 is 5.97 Å². The smallest absolute Gasteiger partial charge is 0.311 e. The third-order valence-electron chi connectivity index (χ3n) is 2.94. The fraction of sp³-hybridized carbons (Fsp3) is 0.267. The zero-order valence-corrected chi connectivity index (χ0v) is 11.7. The van der Waals surface area contributed by atoms with Crippen LogP contribution in [0.3, 0.4) is 0 Å². The summed E-state index contributed by atoms with van der Waals surface area (Å²) >= 11 is 0. The summed E-state index contributed by atoms with van der Waals surface area (Å²) in [4.78, 5) is 21.9. The van der Waals surface area contributed by atoms with E-state index >= 15 is 0 Å². The van der Waals surface area contributed by atoms with Gasteiger partial charge < -0.3 is 9.47 Å². The van der Waals surface area contributed by atoms with E-state index in [1.807, 2.05) is 0 Å². The average molecular weight is 289 g/mol. The maximum Gasteiger partial charge on any atom is 0.311 e. The number of esters is 1. The molecule has 2 aromatic rings. The Morgan fingerprint density at radius 1 is 1.19 bits per heavy atom. The van der Waals surface area contributed by atoms with Crippen molar-refractivity contribution in [1.29, 1.82) is 0 Å². The second-order valence-corrected chi connectivity index (χ2v) is 4.77. The Balaban J connectivity index is 2.23. The molecule has 0 atom stereocenters. The minimum Gasteiger partial charge on any atom is -0.457 e. The van der Waals surface area contributed by atoms with Crippen LogP contribution >= 0.6 is 0 Å². The van der Waals surface area contributed by atoms with Crippen LogP contribution in [0, 0.1) is 16.0 Å². The molecule has 0 aromatic heterocycles. The topological polar surface area (TPSA) is 78.7 Å². The van der Waals surface area contributed by atoms with Crippen molar-refractivity contribution in [3.8, 4) is 5.75 Å². The molecule has 0 heterocycles. The Morgan fingerprint density at radius 2 is 1.86 bits per heavy atom. The van der Waals surface area contributed by atoms with Gasteiger partial charge in [-0.1, -0.05) is 32.0 Å². The minimum absolute atomic E-state index is 0.0112. The zero-order chi connectivity index (χ0) is 15.4. The first kappa shape index (κ1) is 14.8. The van der Waals surface area contributed by atoms with Crippen LogP contribution in [0.5, 0.6) is 5.75 Å². The van der Waals surface area contributed by atoms with E-state index in [0.717, 1.165) is 0 Å². The van der Waals surface area contributed by atoms with Crippen LogP contribution in [0.15, 0.2) is 36.4 Å². The van der Waals surface area contributed by atoms with Crippen LogP contribution in [0.2, 0.25) is 0 Å². The molecule has 0 spiro atoms. The standard InChI is InChI=1S/C15H15NO5/c1-10(2)15(17)21-9-20-14-8-7-13(16(18)19)11-5-3-4-6-12(11)14/h3-8,10H,9H2,1-2H3. The van der Waals surface area contributed by atoms with Crippen LogP contribution in [0.1, 0.15) is 13.8 Å². The van der Waals surface area contributed by atoms with Gasteiger partial charge in [-0.2, -0.15) is 0 Å². The lowest BCUT2D eigenvalue weighted by Crippen LogP contribution is -2.15. The molecule has 21 heavy (non-hydrogen) atoms. The molecule has 0 saturated carbocycles. The Morgan fingerprint density at radius 3 is 2.48 bits per heavy atom. The second kappa shape index (κ2) is 6.21. The lowest BCUT2D eigenvalue weighted by atomic mass is 10.1. The van der Waals surface area contributed by atoms with Gasteiger partial charge in [-0.15, -0.1) is 0 Å². The number of ether oxygens (including phenoxy) is 2. The molecule has 0 N–H and O–H groups in total. The zero-order valence-electron chi connectivity index (χ0n) is 11.7. The van der Waals surface area contributed by atoms with Gasteiger partial charge in [0.25, 0.3) is 5.69 Å². The lowest BCUT2D eigenvalue weighted by Gasteiger charge is -2.11. The molecule has 0 bridgehead atoms. The lowest BCUT2D eigenvalue weighted by molar-refractivity contribution is -0.383. The number of non-ortho nitro benzene ring substituents is 1. The maximum atomic E-state index is 11.3. The summed E-state index contributed by atoms with van der Waals surface area (Å²) in [7, 11) is 0. The number of nitro groups is 1. The van der Waals surface area contributed by atoms with Crippen molar-refractivity contribution in [2.75, 3.05) is 6.79 Å². The molecule has 2 rings (SSSR count). The fourth-order valence-corrected chi connectivity index (χ4v) is 1.86. The first-order chi connectivity index (χ1) is 10.0. The number of rotatable bonds is 5. The normalized spacial score (nSPS) is 10.6. The SMILES string of the molecule is CC(C)C(=O)OCOc1ccc([N+](=O)[O-])c2ccccc12. The van der Waals surface area contributed by atoms with Gasteiger partial charge in [0.2, 0.25) is 6.79 Å². The first-order valence-corrected chi connectivity index (χ1v) is 6.46. The molecule has 0 unspecified atom stereocenters. The summed E-state index contributed by atoms with van der Waals surface area (Å²) in [5.74, 6) is -0.156. The number of nitro benzene ring substituents is 1. The number of benzene rings is 2. The number of carbonyl (C=O) groups excluding carboxylic acids is 1. The predicted octanol–water partition coefficient (Wildman–Crippen LogP) is 3.28. The monoisotopic (exact) mass is 289 g/mol. The van der Waals surface area contributed by atoms with Gasteiger partial charge in [0.05, 0.1) is 16.2 Å². The van der Waals surface area contributed by atoms with E-state index in [0.29, 0.717) is 16.5 Å². The van der Waals surface area contributed by atoms with E-state index < -0.39 is 4.92 Å². The van der Waals surface area contributed by atoms with Crippen LogP contribution in [-0.2, 0) is 9.53 Å². The molecule has 0 radical (unpaired) electrons. The van der Waals surface area contributed by atoms with Crippen LogP contribution < -0.4 is 4.74 Å². The number of hydrogen-bond acceptors (Lipinski definition) is 5. The molecular formula is C15H15NO5. The summed E-state index contributed by atoms with van der Waals surface area (Å²) in [5, 5.41) is 12.1. The van der Waals surface area contributed by atoms with Crippen molar-refractivity contribution < 1.29 is 19.2 Å². The number of hydrogen-bond donors (Lipinski definition) is 0. The quantitative estimate of drug-likeness (QED) is 0.365. The van der Waals surface area contributed by atoms with Crippen molar-refractivity contribution in [2.45, 2.75) is 13.8 Å². The number of fused-ring (bicyclic) bond motifs is 1. The van der Waals surface area contributed by atoms with Crippen molar-refractivity contribution in [3.05, 3.63) is 46.5 Å². The van der Waals surface area contributed by atoms with E-state index in [9.17, 15) is 14.9 Å². The van der Waals surface area contributed by atoms with Crippen molar-refractivity contribution >= 4 is 22.4 Å². The van der Waals surface area contributed by atoms with Crippen LogP contribution in [0.25, 0.3) is 10.8 Å². The van der Waals surface area contributed by atoms with Crippen molar-refractivity contribution in [2.24, 2.45) is 5.92 Å². The van der Waals surface area contributed by atoms with Crippen LogP contribution in [-0.4, -0.2) is 17.7 Å². The van der Waals surface area contributed by atoms with Gasteiger partial charge in [-0.3, -0.25) is 14.9 Å². The Labute approximate surface area is 121 Å². The minimum atomic E-state index is -0.440. The molecule has 6 nitrogen and oxygen atoms in total. The highest BCUT2D eigenvalue weighted by molar-refractivity contribution is 5.95. The second-order valence-electron chi connectivity index (χ2n) is 4.77. The molecule has 2 aromatic carbocycles. The molecule has 0 saturated heterocycles. The third-order valence-corrected chi connectivity index (χ3v) is 2.94. The van der Waals surface area contributed by atoms with E-state index in [1.165, 1.54) is 12.1 Å². The first-order valence-electron chi connectivity index (χ1n) is 6.46. The molecule has 0 amide bonds. The van der Waals surface area contributed by atoms with E-state index in [1.54, 1.807) is 38.1 Å². The summed E-state index contributed by atoms with van der Waals surface area (Å²) in [6.45, 7) is 3.23. The van der Waals surface area contributed by atoms with Gasteiger partial charge in [-0.25, -0.2) is 0 Å². The third kappa shape index (κ3) is 3.28. The highest BCUT2D eigenvalue weighted by Crippen LogP contribution is 2.32. The van der Waals surface area contributed by atoms with E-state index in [4.69, 9.17) is 9.47 Å². The Kier molecular flexibility index (Phi) is 4.37. The van der Waals surface area contributed by atoms with Gasteiger partial charge in [0, 0.05) is 11.5 Å². The summed E-state index contributed by atoms with van der Waals surface area (Å²) < 4.78 is 10.3.